The van der Waals surface area contributed by atoms with Crippen LogP contribution in [0, 0.1) is 0 Å². The minimum absolute atomic E-state index is 0.0297. The summed E-state index contributed by atoms with van der Waals surface area (Å²) < 4.78 is 18.0. The third-order valence-electron chi connectivity index (χ3n) is 4.90. The lowest BCUT2D eigenvalue weighted by Gasteiger charge is -2.14. The van der Waals surface area contributed by atoms with Crippen LogP contribution >= 0.6 is 0 Å². The third kappa shape index (κ3) is 3.57. The predicted octanol–water partition coefficient (Wildman–Crippen LogP) is 4.34. The van der Waals surface area contributed by atoms with Crippen molar-refractivity contribution in [1.29, 1.82) is 0 Å². The Morgan fingerprint density at radius 1 is 0.933 bits per heavy atom. The Kier molecular flexibility index (Phi) is 5.34. The fraction of sp³-hybridized carbons (Fsp3) is 0.174. The van der Waals surface area contributed by atoms with Crippen molar-refractivity contribution in [3.8, 4) is 34.3 Å². The van der Waals surface area contributed by atoms with Crippen LogP contribution in [0.4, 0.5) is 5.82 Å². The Morgan fingerprint density at radius 2 is 1.70 bits per heavy atom. The Balaban J connectivity index is 1.79. The van der Waals surface area contributed by atoms with Gasteiger partial charge in [0.1, 0.15) is 40.2 Å². The maximum absolute atomic E-state index is 10.7. The lowest BCUT2D eigenvalue weighted by Crippen LogP contribution is -2.04. The van der Waals surface area contributed by atoms with Crippen molar-refractivity contribution in [2.75, 3.05) is 26.6 Å². The molecule has 0 saturated heterocycles. The van der Waals surface area contributed by atoms with Gasteiger partial charge in [0, 0.05) is 24.9 Å². The van der Waals surface area contributed by atoms with E-state index in [1.807, 2.05) is 53.1 Å². The van der Waals surface area contributed by atoms with Gasteiger partial charge in [-0.2, -0.15) is 0 Å². The van der Waals surface area contributed by atoms with Gasteiger partial charge in [0.2, 0.25) is 0 Å². The fourth-order valence-corrected chi connectivity index (χ4v) is 3.36. The summed E-state index contributed by atoms with van der Waals surface area (Å²) in [4.78, 5) is 4.75. The van der Waals surface area contributed by atoms with Gasteiger partial charge in [-0.1, -0.05) is 18.2 Å². The second-order valence-electron chi connectivity index (χ2n) is 6.66. The standard InChI is InChI=1S/C23H23N3O4/c1-28-16-9-7-15(8-10-16)14-24-23-22(25-20-6-4-5-11-26(20)23)21-18(27)12-17(29-2)13-19(21)30-3/h4-13,24,27H,14H2,1-3H3. The molecule has 30 heavy (non-hydrogen) atoms. The fourth-order valence-electron chi connectivity index (χ4n) is 3.36. The van der Waals surface area contributed by atoms with Crippen LogP contribution in [0.2, 0.25) is 0 Å². The first-order chi connectivity index (χ1) is 14.6. The van der Waals surface area contributed by atoms with Gasteiger partial charge < -0.3 is 24.6 Å². The third-order valence-corrected chi connectivity index (χ3v) is 4.90. The van der Waals surface area contributed by atoms with E-state index in [0.29, 0.717) is 29.3 Å². The number of benzene rings is 2. The second-order valence-corrected chi connectivity index (χ2v) is 6.66. The molecular formula is C23H23N3O4. The molecule has 0 saturated carbocycles. The molecule has 2 aromatic heterocycles. The minimum atomic E-state index is 0.0297. The number of fused-ring (bicyclic) bond motifs is 1. The molecule has 4 aromatic rings. The van der Waals surface area contributed by atoms with E-state index in [1.165, 1.54) is 0 Å². The van der Waals surface area contributed by atoms with E-state index in [1.54, 1.807) is 33.5 Å². The first kappa shape index (κ1) is 19.4. The molecule has 0 fully saturated rings. The number of phenols is 1. The summed E-state index contributed by atoms with van der Waals surface area (Å²) in [6.07, 6.45) is 1.93. The average Bonchev–Trinajstić information content (AvgIpc) is 3.15. The van der Waals surface area contributed by atoms with E-state index in [9.17, 15) is 5.11 Å². The number of phenolic OH excluding ortho intramolecular Hbond substituents is 1. The number of hydrogen-bond donors (Lipinski definition) is 2. The van der Waals surface area contributed by atoms with Crippen LogP contribution in [0.3, 0.4) is 0 Å². The summed E-state index contributed by atoms with van der Waals surface area (Å²) in [5.41, 5.74) is 2.92. The summed E-state index contributed by atoms with van der Waals surface area (Å²) in [5, 5.41) is 14.2. The van der Waals surface area contributed by atoms with Gasteiger partial charge in [0.15, 0.2) is 0 Å². The van der Waals surface area contributed by atoms with Gasteiger partial charge in [-0.05, 0) is 29.8 Å². The quantitative estimate of drug-likeness (QED) is 0.476. The number of aromatic hydroxyl groups is 1. The molecule has 0 bridgehead atoms. The van der Waals surface area contributed by atoms with Crippen LogP contribution in [0.25, 0.3) is 16.9 Å². The molecule has 7 nitrogen and oxygen atoms in total. The largest absolute Gasteiger partial charge is 0.507 e. The molecule has 0 unspecified atom stereocenters. The van der Waals surface area contributed by atoms with Crippen LogP contribution in [-0.4, -0.2) is 35.8 Å². The predicted molar refractivity (Wildman–Crippen MR) is 116 cm³/mol. The molecular weight excluding hydrogens is 382 g/mol. The number of pyridine rings is 1. The van der Waals surface area contributed by atoms with Crippen molar-refractivity contribution in [3.05, 3.63) is 66.4 Å². The smallest absolute Gasteiger partial charge is 0.139 e. The molecule has 2 N–H and O–H groups in total. The van der Waals surface area contributed by atoms with Gasteiger partial charge in [0.25, 0.3) is 0 Å². The number of ether oxygens (including phenoxy) is 3. The Labute approximate surface area is 174 Å². The maximum atomic E-state index is 10.7. The molecule has 7 heteroatoms. The highest BCUT2D eigenvalue weighted by atomic mass is 16.5. The Hall–Kier alpha value is -3.87. The molecule has 2 aromatic carbocycles. The number of imidazole rings is 1. The molecule has 2 heterocycles. The van der Waals surface area contributed by atoms with Crippen LogP contribution in [0.15, 0.2) is 60.8 Å². The second kappa shape index (κ2) is 8.24. The lowest BCUT2D eigenvalue weighted by molar-refractivity contribution is 0.386. The number of methoxy groups -OCH3 is 3. The molecule has 0 radical (unpaired) electrons. The minimum Gasteiger partial charge on any atom is -0.507 e. The van der Waals surface area contributed by atoms with E-state index in [2.05, 4.69) is 5.32 Å². The maximum Gasteiger partial charge on any atom is 0.139 e. The molecule has 154 valence electrons. The van der Waals surface area contributed by atoms with E-state index < -0.39 is 0 Å². The highest BCUT2D eigenvalue weighted by Gasteiger charge is 2.22. The van der Waals surface area contributed by atoms with Gasteiger partial charge in [-0.15, -0.1) is 0 Å². The van der Waals surface area contributed by atoms with E-state index in [0.717, 1.165) is 22.8 Å². The zero-order valence-electron chi connectivity index (χ0n) is 17.0. The average molecular weight is 405 g/mol. The summed E-state index contributed by atoms with van der Waals surface area (Å²) in [6, 6.07) is 16.9. The van der Waals surface area contributed by atoms with Gasteiger partial charge in [0.05, 0.1) is 26.9 Å². The lowest BCUT2D eigenvalue weighted by atomic mass is 10.1. The number of hydrogen-bond acceptors (Lipinski definition) is 6. The van der Waals surface area contributed by atoms with Crippen LogP contribution < -0.4 is 19.5 Å². The SMILES string of the molecule is COc1ccc(CNc2c(-c3c(O)cc(OC)cc3OC)nc3ccccn23)cc1. The highest BCUT2D eigenvalue weighted by Crippen LogP contribution is 2.43. The monoisotopic (exact) mass is 405 g/mol. The normalized spacial score (nSPS) is 10.8. The van der Waals surface area contributed by atoms with Crippen LogP contribution in [0.5, 0.6) is 23.0 Å². The van der Waals surface area contributed by atoms with Crippen molar-refractivity contribution in [3.63, 3.8) is 0 Å². The number of aromatic nitrogens is 2. The zero-order chi connectivity index (χ0) is 21.1. The summed E-state index contributed by atoms with van der Waals surface area (Å²) in [6.45, 7) is 0.568. The molecule has 0 amide bonds. The van der Waals surface area contributed by atoms with Crippen LogP contribution in [-0.2, 0) is 6.54 Å². The molecule has 4 rings (SSSR count). The number of nitrogens with zero attached hydrogens (tertiary/aromatic N) is 2. The van der Waals surface area contributed by atoms with Crippen LogP contribution in [0.1, 0.15) is 5.56 Å². The van der Waals surface area contributed by atoms with E-state index >= 15 is 0 Å². The molecule has 0 aliphatic heterocycles. The summed E-state index contributed by atoms with van der Waals surface area (Å²) in [5.74, 6) is 2.57. The summed E-state index contributed by atoms with van der Waals surface area (Å²) >= 11 is 0. The van der Waals surface area contributed by atoms with Crippen molar-refractivity contribution in [2.24, 2.45) is 0 Å². The van der Waals surface area contributed by atoms with Crippen molar-refractivity contribution in [2.45, 2.75) is 6.54 Å². The van der Waals surface area contributed by atoms with Gasteiger partial charge in [-0.25, -0.2) is 4.98 Å². The van der Waals surface area contributed by atoms with E-state index in [-0.39, 0.29) is 5.75 Å². The van der Waals surface area contributed by atoms with Crippen molar-refractivity contribution >= 4 is 11.5 Å². The molecule has 0 aliphatic carbocycles. The van der Waals surface area contributed by atoms with Crippen molar-refractivity contribution in [1.82, 2.24) is 9.38 Å². The molecule has 0 spiro atoms. The first-order valence-electron chi connectivity index (χ1n) is 9.44. The number of anilines is 1. The number of nitrogens with one attached hydrogen (secondary N) is 1. The Bertz CT molecular complexity index is 1170. The molecule has 0 aliphatic rings. The molecule has 0 atom stereocenters. The first-order valence-corrected chi connectivity index (χ1v) is 9.44. The number of rotatable bonds is 7. The zero-order valence-corrected chi connectivity index (χ0v) is 17.0. The topological polar surface area (TPSA) is 77.2 Å². The van der Waals surface area contributed by atoms with Gasteiger partial charge in [-0.3, -0.25) is 4.40 Å². The van der Waals surface area contributed by atoms with Crippen molar-refractivity contribution < 1.29 is 19.3 Å². The van der Waals surface area contributed by atoms with E-state index in [4.69, 9.17) is 19.2 Å². The Morgan fingerprint density at radius 3 is 2.40 bits per heavy atom. The van der Waals surface area contributed by atoms with Gasteiger partial charge >= 0.3 is 0 Å². The highest BCUT2D eigenvalue weighted by molar-refractivity contribution is 5.85. The summed E-state index contributed by atoms with van der Waals surface area (Å²) in [7, 11) is 4.74.